The molecule has 1 nitrogen and oxygen atoms in total. The van der Waals surface area contributed by atoms with E-state index in [2.05, 4.69) is 0 Å². The first kappa shape index (κ1) is 9.55. The van der Waals surface area contributed by atoms with Crippen molar-refractivity contribution in [3.05, 3.63) is 35.2 Å². The molecule has 2 rings (SSSR count). The quantitative estimate of drug-likeness (QED) is 0.814. The van der Waals surface area contributed by atoms with E-state index in [0.717, 1.165) is 10.1 Å². The minimum absolute atomic E-state index is 0.542. The fraction of sp³-hybridized carbons (Fsp3) is 0.200. The molecule has 0 saturated heterocycles. The summed E-state index contributed by atoms with van der Waals surface area (Å²) >= 11 is 1.45. The van der Waals surface area contributed by atoms with Gasteiger partial charge in [0.25, 0.3) is 6.43 Å². The van der Waals surface area contributed by atoms with Crippen molar-refractivity contribution in [3.8, 4) is 0 Å². The zero-order valence-corrected chi connectivity index (χ0v) is 8.10. The lowest BCUT2D eigenvalue weighted by Crippen LogP contribution is -2.18. The topological polar surface area (TPSA) is 26.0 Å². The summed E-state index contributed by atoms with van der Waals surface area (Å²) < 4.78 is 25.8. The maximum atomic E-state index is 12.4. The fourth-order valence-corrected chi connectivity index (χ4v) is 2.40. The number of hydrogen-bond acceptors (Lipinski definition) is 2. The van der Waals surface area contributed by atoms with Gasteiger partial charge in [0.15, 0.2) is 0 Å². The van der Waals surface area contributed by atoms with Crippen LogP contribution in [0.1, 0.15) is 11.6 Å². The summed E-state index contributed by atoms with van der Waals surface area (Å²) in [7, 11) is 0. The van der Waals surface area contributed by atoms with Crippen LogP contribution < -0.4 is 5.73 Å². The van der Waals surface area contributed by atoms with Gasteiger partial charge in [0.05, 0.1) is 6.04 Å². The van der Waals surface area contributed by atoms with Crippen molar-refractivity contribution in [3.63, 3.8) is 0 Å². The summed E-state index contributed by atoms with van der Waals surface area (Å²) in [4.78, 5) is 0. The molecule has 74 valence electrons. The highest BCUT2D eigenvalue weighted by atomic mass is 32.1. The van der Waals surface area contributed by atoms with Crippen LogP contribution in [0.2, 0.25) is 0 Å². The Morgan fingerprint density at radius 3 is 2.64 bits per heavy atom. The highest BCUT2D eigenvalue weighted by Gasteiger charge is 2.20. The SMILES string of the molecule is N[C@@H](c1csc2ccccc12)C(F)F. The molecule has 0 aliphatic carbocycles. The van der Waals surface area contributed by atoms with Crippen molar-refractivity contribution < 1.29 is 8.78 Å². The average molecular weight is 213 g/mol. The van der Waals surface area contributed by atoms with E-state index in [-0.39, 0.29) is 0 Å². The third kappa shape index (κ3) is 1.51. The Morgan fingerprint density at radius 2 is 1.93 bits per heavy atom. The van der Waals surface area contributed by atoms with E-state index in [4.69, 9.17) is 5.73 Å². The monoisotopic (exact) mass is 213 g/mol. The van der Waals surface area contributed by atoms with Gasteiger partial charge in [0, 0.05) is 4.70 Å². The fourth-order valence-electron chi connectivity index (χ4n) is 1.39. The number of rotatable bonds is 2. The zero-order valence-electron chi connectivity index (χ0n) is 7.28. The summed E-state index contributed by atoms with van der Waals surface area (Å²) in [6, 6.07) is 6.27. The van der Waals surface area contributed by atoms with Gasteiger partial charge in [0.2, 0.25) is 0 Å². The molecular formula is C10H9F2NS. The summed E-state index contributed by atoms with van der Waals surface area (Å²) in [6.45, 7) is 0. The van der Waals surface area contributed by atoms with Gasteiger partial charge >= 0.3 is 0 Å². The van der Waals surface area contributed by atoms with Crippen LogP contribution in [0.3, 0.4) is 0 Å². The average Bonchev–Trinajstić information content (AvgIpc) is 2.60. The number of fused-ring (bicyclic) bond motifs is 1. The first-order valence-electron chi connectivity index (χ1n) is 4.20. The van der Waals surface area contributed by atoms with E-state index in [1.165, 1.54) is 11.3 Å². The van der Waals surface area contributed by atoms with Gasteiger partial charge in [-0.2, -0.15) is 0 Å². The van der Waals surface area contributed by atoms with E-state index in [1.807, 2.05) is 24.3 Å². The number of hydrogen-bond donors (Lipinski definition) is 1. The van der Waals surface area contributed by atoms with Gasteiger partial charge in [-0.3, -0.25) is 0 Å². The smallest absolute Gasteiger partial charge is 0.257 e. The van der Waals surface area contributed by atoms with E-state index in [9.17, 15) is 8.78 Å². The van der Waals surface area contributed by atoms with E-state index in [0.29, 0.717) is 5.56 Å². The molecule has 1 heterocycles. The summed E-state index contributed by atoms with van der Waals surface area (Å²) in [5.41, 5.74) is 5.95. The maximum Gasteiger partial charge on any atom is 0.257 e. The molecule has 1 atom stereocenters. The van der Waals surface area contributed by atoms with Crippen LogP contribution in [0.25, 0.3) is 10.1 Å². The van der Waals surface area contributed by atoms with Crippen molar-refractivity contribution in [2.24, 2.45) is 5.73 Å². The predicted octanol–water partition coefficient (Wildman–Crippen LogP) is 3.17. The van der Waals surface area contributed by atoms with Gasteiger partial charge < -0.3 is 5.73 Å². The Bertz CT molecular complexity index is 438. The Hall–Kier alpha value is -1.00. The molecule has 0 radical (unpaired) electrons. The first-order valence-corrected chi connectivity index (χ1v) is 5.08. The lowest BCUT2D eigenvalue weighted by molar-refractivity contribution is 0.117. The van der Waals surface area contributed by atoms with Crippen LogP contribution in [0.15, 0.2) is 29.6 Å². The molecule has 0 aliphatic rings. The second-order valence-electron chi connectivity index (χ2n) is 3.05. The molecule has 2 aromatic rings. The lowest BCUT2D eigenvalue weighted by atomic mass is 10.1. The molecule has 4 heteroatoms. The number of halogens is 2. The third-order valence-corrected chi connectivity index (χ3v) is 3.12. The number of benzene rings is 1. The third-order valence-electron chi connectivity index (χ3n) is 2.14. The molecular weight excluding hydrogens is 204 g/mol. The maximum absolute atomic E-state index is 12.4. The van der Waals surface area contributed by atoms with Crippen LogP contribution in [-0.4, -0.2) is 6.43 Å². The van der Waals surface area contributed by atoms with Crippen LogP contribution in [-0.2, 0) is 0 Å². The van der Waals surface area contributed by atoms with E-state index < -0.39 is 12.5 Å². The molecule has 14 heavy (non-hydrogen) atoms. The molecule has 2 N–H and O–H groups in total. The second kappa shape index (κ2) is 3.63. The number of alkyl halides is 2. The number of thiophene rings is 1. The van der Waals surface area contributed by atoms with Gasteiger partial charge in [-0.15, -0.1) is 11.3 Å². The second-order valence-corrected chi connectivity index (χ2v) is 3.96. The van der Waals surface area contributed by atoms with E-state index >= 15 is 0 Å². The van der Waals surface area contributed by atoms with Crippen molar-refractivity contribution in [1.82, 2.24) is 0 Å². The predicted molar refractivity (Wildman–Crippen MR) is 54.8 cm³/mol. The van der Waals surface area contributed by atoms with Crippen molar-refractivity contribution in [1.29, 1.82) is 0 Å². The van der Waals surface area contributed by atoms with Crippen molar-refractivity contribution >= 4 is 21.4 Å². The Kier molecular flexibility index (Phi) is 2.48. The zero-order chi connectivity index (χ0) is 10.1. The van der Waals surface area contributed by atoms with E-state index in [1.54, 1.807) is 5.38 Å². The molecule has 0 spiro atoms. The van der Waals surface area contributed by atoms with Crippen molar-refractivity contribution in [2.45, 2.75) is 12.5 Å². The molecule has 1 aromatic heterocycles. The first-order chi connectivity index (χ1) is 6.70. The Labute approximate surface area is 84.2 Å². The standard InChI is InChI=1S/C10H9F2NS/c11-10(12)9(13)7-5-14-8-4-2-1-3-6(7)8/h1-5,9-10H,13H2/t9-/m0/s1. The van der Waals surface area contributed by atoms with Crippen LogP contribution in [0.5, 0.6) is 0 Å². The molecule has 0 saturated carbocycles. The lowest BCUT2D eigenvalue weighted by Gasteiger charge is -2.08. The Morgan fingerprint density at radius 1 is 1.21 bits per heavy atom. The van der Waals surface area contributed by atoms with Crippen LogP contribution in [0, 0.1) is 0 Å². The van der Waals surface area contributed by atoms with Crippen LogP contribution in [0.4, 0.5) is 8.78 Å². The molecule has 0 amide bonds. The molecule has 0 unspecified atom stereocenters. The summed E-state index contributed by atoms with van der Waals surface area (Å²) in [5.74, 6) is 0. The van der Waals surface area contributed by atoms with Crippen molar-refractivity contribution in [2.75, 3.05) is 0 Å². The molecule has 0 bridgehead atoms. The van der Waals surface area contributed by atoms with Gasteiger partial charge in [0.1, 0.15) is 0 Å². The minimum Gasteiger partial charge on any atom is -0.319 e. The van der Waals surface area contributed by atoms with Crippen LogP contribution >= 0.6 is 11.3 Å². The summed E-state index contributed by atoms with van der Waals surface area (Å²) in [6.07, 6.45) is -2.51. The normalized spacial score (nSPS) is 13.7. The molecule has 1 aromatic carbocycles. The minimum atomic E-state index is -2.51. The summed E-state index contributed by atoms with van der Waals surface area (Å²) in [5, 5.41) is 2.55. The molecule has 0 aliphatic heterocycles. The van der Waals surface area contributed by atoms with Gasteiger partial charge in [-0.25, -0.2) is 8.78 Å². The van der Waals surface area contributed by atoms with Gasteiger partial charge in [-0.1, -0.05) is 18.2 Å². The highest BCUT2D eigenvalue weighted by molar-refractivity contribution is 7.17. The Balaban J connectivity index is 2.53. The molecule has 0 fully saturated rings. The number of nitrogens with two attached hydrogens (primary N) is 1. The largest absolute Gasteiger partial charge is 0.319 e. The van der Waals surface area contributed by atoms with Gasteiger partial charge in [-0.05, 0) is 22.4 Å². The highest BCUT2D eigenvalue weighted by Crippen LogP contribution is 2.31.